The molecule has 0 aliphatic heterocycles. The van der Waals surface area contributed by atoms with E-state index in [0.717, 1.165) is 5.52 Å². The number of halogens is 4. The average molecular weight is 539 g/mol. The molecular weight excluding hydrogens is 524 g/mol. The van der Waals surface area contributed by atoms with Crippen LogP contribution in [0.15, 0.2) is 55.0 Å². The zero-order valence-electron chi connectivity index (χ0n) is 17.2. The molecular formula is C22H15Cl4N5O3. The summed E-state index contributed by atoms with van der Waals surface area (Å²) in [7, 11) is 0. The highest BCUT2D eigenvalue weighted by atomic mass is 35.5. The van der Waals surface area contributed by atoms with Crippen molar-refractivity contribution in [2.75, 3.05) is 23.1 Å². The molecule has 0 fully saturated rings. The van der Waals surface area contributed by atoms with E-state index in [0.29, 0.717) is 11.3 Å². The number of benzene rings is 1. The normalized spacial score (nSPS) is 10.8. The third-order valence-electron chi connectivity index (χ3n) is 4.64. The fourth-order valence-electron chi connectivity index (χ4n) is 3.24. The van der Waals surface area contributed by atoms with Crippen molar-refractivity contribution in [3.8, 4) is 11.3 Å². The Bertz CT molecular complexity index is 1390. The Labute approximate surface area is 213 Å². The highest BCUT2D eigenvalue weighted by molar-refractivity contribution is 6.38. The van der Waals surface area contributed by atoms with Crippen molar-refractivity contribution < 1.29 is 14.3 Å². The van der Waals surface area contributed by atoms with Crippen LogP contribution < -0.4 is 10.6 Å². The summed E-state index contributed by atoms with van der Waals surface area (Å²) in [6.07, 6.45) is 4.09. The van der Waals surface area contributed by atoms with Gasteiger partial charge in [-0.05, 0) is 36.4 Å². The number of aromatic nitrogens is 3. The molecule has 1 aromatic carbocycles. The number of hydrogen-bond acceptors (Lipinski definition) is 5. The van der Waals surface area contributed by atoms with Crippen molar-refractivity contribution >= 4 is 75.3 Å². The van der Waals surface area contributed by atoms with Crippen molar-refractivity contribution in [1.82, 2.24) is 14.4 Å². The summed E-state index contributed by atoms with van der Waals surface area (Å²) in [5.74, 6) is -0.479. The summed E-state index contributed by atoms with van der Waals surface area (Å²) in [4.78, 5) is 34.0. The summed E-state index contributed by atoms with van der Waals surface area (Å²) in [6.45, 7) is -0.000581. The predicted octanol–water partition coefficient (Wildman–Crippen LogP) is 6.40. The number of carbonyl (C=O) groups is 2. The number of alkyl halides is 1. The summed E-state index contributed by atoms with van der Waals surface area (Å²) in [6, 6.07) is 9.94. The minimum absolute atomic E-state index is 0.000581. The number of ether oxygens (including phenoxy) is 1. The Balaban J connectivity index is 1.76. The molecule has 0 radical (unpaired) electrons. The van der Waals surface area contributed by atoms with Gasteiger partial charge in [0.1, 0.15) is 11.8 Å². The van der Waals surface area contributed by atoms with Crippen LogP contribution in [-0.4, -0.2) is 38.9 Å². The molecule has 4 aromatic rings. The van der Waals surface area contributed by atoms with Crippen molar-refractivity contribution in [3.05, 3.63) is 75.9 Å². The van der Waals surface area contributed by atoms with Crippen molar-refractivity contribution in [1.29, 1.82) is 0 Å². The van der Waals surface area contributed by atoms with Gasteiger partial charge in [0.15, 0.2) is 5.69 Å². The minimum atomic E-state index is -0.788. The maximum atomic E-state index is 13.4. The summed E-state index contributed by atoms with van der Waals surface area (Å²) >= 11 is 24.3. The average Bonchev–Trinajstić information content (AvgIpc) is 3.28. The number of amides is 2. The molecule has 34 heavy (non-hydrogen) atoms. The van der Waals surface area contributed by atoms with E-state index in [4.69, 9.17) is 51.1 Å². The quantitative estimate of drug-likeness (QED) is 0.219. The van der Waals surface area contributed by atoms with Gasteiger partial charge in [-0.25, -0.2) is 14.8 Å². The molecule has 0 spiro atoms. The van der Waals surface area contributed by atoms with Crippen LogP contribution in [0.4, 0.5) is 16.2 Å². The maximum Gasteiger partial charge on any atom is 0.411 e. The molecule has 0 bridgehead atoms. The fraction of sp³-hybridized carbons (Fsp3) is 0.0909. The highest BCUT2D eigenvalue weighted by Crippen LogP contribution is 2.36. The molecule has 0 aliphatic rings. The minimum Gasteiger partial charge on any atom is -0.448 e. The Hall–Kier alpha value is -3.04. The maximum absolute atomic E-state index is 13.4. The van der Waals surface area contributed by atoms with Crippen LogP contribution in [-0.2, 0) is 4.74 Å². The molecule has 12 heteroatoms. The summed E-state index contributed by atoms with van der Waals surface area (Å²) in [5, 5.41) is 5.75. The number of anilines is 2. The van der Waals surface area contributed by atoms with Crippen LogP contribution in [0.5, 0.6) is 0 Å². The lowest BCUT2D eigenvalue weighted by atomic mass is 10.1. The first-order chi connectivity index (χ1) is 16.4. The molecule has 3 heterocycles. The molecule has 0 atom stereocenters. The van der Waals surface area contributed by atoms with Crippen LogP contribution >= 0.6 is 46.4 Å². The molecule has 4 rings (SSSR count). The highest BCUT2D eigenvalue weighted by Gasteiger charge is 2.23. The van der Waals surface area contributed by atoms with Gasteiger partial charge in [-0.1, -0.05) is 34.8 Å². The van der Waals surface area contributed by atoms with E-state index in [-0.39, 0.29) is 44.8 Å². The zero-order valence-corrected chi connectivity index (χ0v) is 20.2. The number of carbonyl (C=O) groups excluding carboxylic acids is 2. The Morgan fingerprint density at radius 1 is 1.06 bits per heavy atom. The van der Waals surface area contributed by atoms with Crippen molar-refractivity contribution in [2.45, 2.75) is 0 Å². The van der Waals surface area contributed by atoms with E-state index in [1.165, 1.54) is 12.1 Å². The van der Waals surface area contributed by atoms with E-state index < -0.39 is 12.0 Å². The van der Waals surface area contributed by atoms with Crippen LogP contribution in [0.25, 0.3) is 16.8 Å². The number of hydrogen-bond donors (Lipinski definition) is 2. The second-order valence-electron chi connectivity index (χ2n) is 6.81. The van der Waals surface area contributed by atoms with Gasteiger partial charge in [0.05, 0.1) is 39.7 Å². The van der Waals surface area contributed by atoms with E-state index in [1.54, 1.807) is 35.1 Å². The van der Waals surface area contributed by atoms with Gasteiger partial charge in [-0.15, -0.1) is 11.6 Å². The van der Waals surface area contributed by atoms with Crippen LogP contribution in [0, 0.1) is 0 Å². The van der Waals surface area contributed by atoms with E-state index >= 15 is 0 Å². The predicted molar refractivity (Wildman–Crippen MR) is 134 cm³/mol. The lowest BCUT2D eigenvalue weighted by molar-refractivity contribution is 0.102. The molecule has 8 nitrogen and oxygen atoms in total. The van der Waals surface area contributed by atoms with Gasteiger partial charge >= 0.3 is 6.09 Å². The topological polar surface area (TPSA) is 97.6 Å². The largest absolute Gasteiger partial charge is 0.448 e. The first kappa shape index (κ1) is 24.1. The smallest absolute Gasteiger partial charge is 0.411 e. The number of nitrogens with zero attached hydrogens (tertiary/aromatic N) is 3. The lowest BCUT2D eigenvalue weighted by Crippen LogP contribution is -2.20. The number of nitrogens with one attached hydrogen (secondary N) is 2. The Morgan fingerprint density at radius 2 is 1.88 bits per heavy atom. The fourth-order valence-corrected chi connectivity index (χ4v) is 4.07. The van der Waals surface area contributed by atoms with Gasteiger partial charge in [0.25, 0.3) is 5.91 Å². The molecule has 0 aliphatic carbocycles. The second-order valence-corrected chi connectivity index (χ2v) is 8.39. The number of rotatable bonds is 6. The van der Waals surface area contributed by atoms with E-state index in [9.17, 15) is 9.59 Å². The third-order valence-corrected chi connectivity index (χ3v) is 5.61. The van der Waals surface area contributed by atoms with Crippen LogP contribution in [0.1, 0.15) is 10.5 Å². The molecule has 2 N–H and O–H groups in total. The molecule has 174 valence electrons. The van der Waals surface area contributed by atoms with Gasteiger partial charge in [-0.3, -0.25) is 10.1 Å². The van der Waals surface area contributed by atoms with Crippen molar-refractivity contribution in [2.24, 2.45) is 0 Å². The Morgan fingerprint density at radius 3 is 2.65 bits per heavy atom. The van der Waals surface area contributed by atoms with Gasteiger partial charge in [-0.2, -0.15) is 0 Å². The van der Waals surface area contributed by atoms with Crippen LogP contribution in [0.3, 0.4) is 0 Å². The SMILES string of the molecule is O=C(Nc1cc(Cl)cc(Cl)c1NC(=O)c1ncc2cccn2c1-c1cccnc1Cl)OCCCl. The zero-order chi connectivity index (χ0) is 24.2. The van der Waals surface area contributed by atoms with Crippen molar-refractivity contribution in [3.63, 3.8) is 0 Å². The second kappa shape index (κ2) is 10.5. The van der Waals surface area contributed by atoms with E-state index in [2.05, 4.69) is 20.6 Å². The van der Waals surface area contributed by atoms with Gasteiger partial charge in [0, 0.05) is 23.0 Å². The molecule has 0 saturated carbocycles. The van der Waals surface area contributed by atoms with Gasteiger partial charge in [0.2, 0.25) is 0 Å². The van der Waals surface area contributed by atoms with Gasteiger partial charge < -0.3 is 14.5 Å². The molecule has 0 saturated heterocycles. The molecule has 3 aromatic heterocycles. The molecule has 0 unspecified atom stereocenters. The molecule has 2 amide bonds. The first-order valence-electron chi connectivity index (χ1n) is 9.76. The summed E-state index contributed by atoms with van der Waals surface area (Å²) < 4.78 is 6.71. The monoisotopic (exact) mass is 537 g/mol. The van der Waals surface area contributed by atoms with Crippen LogP contribution in [0.2, 0.25) is 15.2 Å². The number of fused-ring (bicyclic) bond motifs is 1. The Kier molecular flexibility index (Phi) is 7.43. The lowest BCUT2D eigenvalue weighted by Gasteiger charge is -2.16. The first-order valence-corrected chi connectivity index (χ1v) is 11.4. The summed E-state index contributed by atoms with van der Waals surface area (Å²) in [5.41, 5.74) is 1.98. The standard InChI is InChI=1S/C22H15Cl4N5O3/c23-5-8-34-22(33)29-16-10-12(24)9-15(25)17(16)30-21(32)18-19(14-4-1-6-27-20(14)26)31-7-2-3-13(31)11-28-18/h1-4,6-7,9-11H,5,8H2,(H,29,33)(H,30,32). The number of pyridine rings is 1. The third kappa shape index (κ3) is 5.05. The van der Waals surface area contributed by atoms with E-state index in [1.807, 2.05) is 12.1 Å².